The van der Waals surface area contributed by atoms with Crippen molar-refractivity contribution in [2.75, 3.05) is 11.5 Å². The van der Waals surface area contributed by atoms with E-state index in [1.165, 1.54) is 0 Å². The van der Waals surface area contributed by atoms with E-state index < -0.39 is 0 Å². The zero-order valence-corrected chi connectivity index (χ0v) is 15.2. The molecule has 3 aromatic rings. The van der Waals surface area contributed by atoms with Gasteiger partial charge in [0.15, 0.2) is 0 Å². The van der Waals surface area contributed by atoms with Crippen molar-refractivity contribution in [2.45, 2.75) is 19.9 Å². The van der Waals surface area contributed by atoms with E-state index >= 15 is 0 Å². The number of rotatable bonds is 5. The van der Waals surface area contributed by atoms with Gasteiger partial charge in [0.1, 0.15) is 0 Å². The molecule has 0 unspecified atom stereocenters. The van der Waals surface area contributed by atoms with E-state index in [0.717, 1.165) is 22.5 Å². The molecule has 27 heavy (non-hydrogen) atoms. The third kappa shape index (κ3) is 3.62. The van der Waals surface area contributed by atoms with Crippen LogP contribution in [0.25, 0.3) is 5.69 Å². The number of ether oxygens (including phenoxy) is 1. The first-order valence-electron chi connectivity index (χ1n) is 9.06. The quantitative estimate of drug-likeness (QED) is 0.649. The highest BCUT2D eigenvalue weighted by molar-refractivity contribution is 5.91. The van der Waals surface area contributed by atoms with Crippen LogP contribution in [0.2, 0.25) is 0 Å². The minimum absolute atomic E-state index is 0.244. The van der Waals surface area contributed by atoms with Gasteiger partial charge in [0.25, 0.3) is 0 Å². The van der Waals surface area contributed by atoms with Crippen molar-refractivity contribution in [1.29, 1.82) is 0 Å². The molecule has 0 saturated carbocycles. The molecule has 5 nitrogen and oxygen atoms in total. The van der Waals surface area contributed by atoms with Crippen molar-refractivity contribution in [1.82, 2.24) is 9.78 Å². The number of hydrogen-bond donors (Lipinski definition) is 0. The summed E-state index contributed by atoms with van der Waals surface area (Å²) in [6.07, 6.45) is 6.20. The fourth-order valence-electron chi connectivity index (χ4n) is 3.30. The number of nitrogens with zero attached hydrogens (tertiary/aromatic N) is 3. The molecule has 0 fully saturated rings. The van der Waals surface area contributed by atoms with E-state index in [1.807, 2.05) is 54.3 Å². The average molecular weight is 359 g/mol. The van der Waals surface area contributed by atoms with Gasteiger partial charge in [0.05, 0.1) is 17.9 Å². The van der Waals surface area contributed by atoms with Gasteiger partial charge in [-0.05, 0) is 42.3 Å². The van der Waals surface area contributed by atoms with Crippen LogP contribution in [0.15, 0.2) is 78.8 Å². The summed E-state index contributed by atoms with van der Waals surface area (Å²) >= 11 is 0. The number of hydrogen-bond acceptors (Lipinski definition) is 4. The Kier molecular flexibility index (Phi) is 4.75. The topological polar surface area (TPSA) is 47.4 Å². The summed E-state index contributed by atoms with van der Waals surface area (Å²) in [5.74, 6) is -0.244. The number of aromatic nitrogens is 2. The highest BCUT2D eigenvalue weighted by Gasteiger charge is 2.22. The second-order valence-corrected chi connectivity index (χ2v) is 6.43. The van der Waals surface area contributed by atoms with Gasteiger partial charge in [0.2, 0.25) is 0 Å². The molecule has 0 atom stereocenters. The summed E-state index contributed by atoms with van der Waals surface area (Å²) < 4.78 is 7.04. The molecule has 1 aliphatic heterocycles. The monoisotopic (exact) mass is 359 g/mol. The fourth-order valence-corrected chi connectivity index (χ4v) is 3.30. The number of fused-ring (bicyclic) bond motifs is 1. The lowest BCUT2D eigenvalue weighted by Gasteiger charge is -2.29. The van der Waals surface area contributed by atoms with E-state index in [-0.39, 0.29) is 5.97 Å². The van der Waals surface area contributed by atoms with Gasteiger partial charge in [0, 0.05) is 37.2 Å². The molecule has 0 radical (unpaired) electrons. The Labute approximate surface area is 158 Å². The van der Waals surface area contributed by atoms with E-state index in [4.69, 9.17) is 4.74 Å². The summed E-state index contributed by atoms with van der Waals surface area (Å²) in [5.41, 5.74) is 5.12. The van der Waals surface area contributed by atoms with Gasteiger partial charge < -0.3 is 9.64 Å². The fraction of sp³-hybridized carbons (Fsp3) is 0.182. The van der Waals surface area contributed by atoms with Crippen LogP contribution in [0.1, 0.15) is 18.1 Å². The zero-order valence-electron chi connectivity index (χ0n) is 15.2. The predicted octanol–water partition coefficient (Wildman–Crippen LogP) is 3.88. The lowest BCUT2D eigenvalue weighted by atomic mass is 9.99. The summed E-state index contributed by atoms with van der Waals surface area (Å²) in [5, 5.41) is 4.25. The first-order valence-corrected chi connectivity index (χ1v) is 9.06. The maximum Gasteiger partial charge on any atom is 0.335 e. The Bertz CT molecular complexity index is 959. The summed E-state index contributed by atoms with van der Waals surface area (Å²) in [7, 11) is 0. The minimum Gasteiger partial charge on any atom is -0.463 e. The van der Waals surface area contributed by atoms with Crippen molar-refractivity contribution in [3.63, 3.8) is 0 Å². The van der Waals surface area contributed by atoms with Gasteiger partial charge in [-0.15, -0.1) is 0 Å². The van der Waals surface area contributed by atoms with Crippen molar-refractivity contribution in [3.05, 3.63) is 89.9 Å². The Morgan fingerprint density at radius 1 is 1.11 bits per heavy atom. The average Bonchev–Trinajstić information content (AvgIpc) is 3.23. The van der Waals surface area contributed by atoms with Gasteiger partial charge in [-0.2, -0.15) is 5.10 Å². The van der Waals surface area contributed by atoms with Crippen molar-refractivity contribution >= 4 is 11.7 Å². The molecule has 1 aliphatic rings. The molecule has 0 spiro atoms. The first-order chi connectivity index (χ1) is 13.2. The molecule has 4 rings (SSSR count). The Balaban J connectivity index is 1.60. The van der Waals surface area contributed by atoms with Crippen LogP contribution in [0.3, 0.4) is 0 Å². The molecule has 0 bridgehead atoms. The maximum atomic E-state index is 12.3. The van der Waals surface area contributed by atoms with E-state index in [2.05, 4.69) is 34.3 Å². The van der Waals surface area contributed by atoms with E-state index in [1.54, 1.807) is 6.20 Å². The van der Waals surface area contributed by atoms with Crippen molar-refractivity contribution in [3.8, 4) is 5.69 Å². The molecule has 136 valence electrons. The zero-order chi connectivity index (χ0) is 18.6. The second kappa shape index (κ2) is 7.50. The summed E-state index contributed by atoms with van der Waals surface area (Å²) in [4.78, 5) is 14.4. The molecule has 0 saturated heterocycles. The van der Waals surface area contributed by atoms with Crippen molar-refractivity contribution < 1.29 is 9.53 Å². The molecular weight excluding hydrogens is 338 g/mol. The van der Waals surface area contributed by atoms with E-state index in [0.29, 0.717) is 25.1 Å². The second-order valence-electron chi connectivity index (χ2n) is 6.43. The number of esters is 1. The van der Waals surface area contributed by atoms with Gasteiger partial charge in [-0.3, -0.25) is 0 Å². The third-order valence-electron chi connectivity index (χ3n) is 4.59. The Morgan fingerprint density at radius 3 is 2.67 bits per heavy atom. The predicted molar refractivity (Wildman–Crippen MR) is 105 cm³/mol. The van der Waals surface area contributed by atoms with Gasteiger partial charge >= 0.3 is 5.97 Å². The number of carbonyl (C=O) groups is 1. The van der Waals surface area contributed by atoms with Gasteiger partial charge in [-0.1, -0.05) is 30.3 Å². The minimum atomic E-state index is -0.244. The summed E-state index contributed by atoms with van der Waals surface area (Å²) in [6, 6.07) is 18.4. The lowest BCUT2D eigenvalue weighted by molar-refractivity contribution is -0.138. The summed E-state index contributed by atoms with van der Waals surface area (Å²) in [6.45, 7) is 2.89. The Morgan fingerprint density at radius 2 is 1.93 bits per heavy atom. The van der Waals surface area contributed by atoms with Crippen LogP contribution in [-0.2, 0) is 22.5 Å². The highest BCUT2D eigenvalue weighted by Crippen LogP contribution is 2.30. The SMILES string of the molecule is CCOC(=O)C1=CN(Cc2ccc(-n3cccn3)cc2)c2ccccc2C1. The lowest BCUT2D eigenvalue weighted by Crippen LogP contribution is -2.25. The van der Waals surface area contributed by atoms with Crippen LogP contribution in [0, 0.1) is 0 Å². The number of carbonyl (C=O) groups excluding carboxylic acids is 1. The van der Waals surface area contributed by atoms with E-state index in [9.17, 15) is 4.79 Å². The maximum absolute atomic E-state index is 12.3. The molecule has 2 aromatic carbocycles. The number of benzene rings is 2. The Hall–Kier alpha value is -3.34. The highest BCUT2D eigenvalue weighted by atomic mass is 16.5. The van der Waals surface area contributed by atoms with Crippen LogP contribution in [0.4, 0.5) is 5.69 Å². The molecular formula is C22H21N3O2. The van der Waals surface area contributed by atoms with Crippen LogP contribution in [-0.4, -0.2) is 22.4 Å². The normalized spacial score (nSPS) is 13.1. The van der Waals surface area contributed by atoms with Crippen LogP contribution < -0.4 is 4.90 Å². The van der Waals surface area contributed by atoms with Crippen LogP contribution in [0.5, 0.6) is 0 Å². The van der Waals surface area contributed by atoms with Crippen LogP contribution >= 0.6 is 0 Å². The van der Waals surface area contributed by atoms with Crippen molar-refractivity contribution in [2.24, 2.45) is 0 Å². The number of anilines is 1. The smallest absolute Gasteiger partial charge is 0.335 e. The molecule has 0 aliphatic carbocycles. The molecule has 0 amide bonds. The molecule has 5 heteroatoms. The molecule has 1 aromatic heterocycles. The standard InChI is InChI=1S/C22H21N3O2/c1-2-27-22(26)19-14-18-6-3-4-7-21(18)24(16-19)15-17-8-10-20(11-9-17)25-13-5-12-23-25/h3-13,16H,2,14-15H2,1H3. The molecule has 0 N–H and O–H groups in total. The largest absolute Gasteiger partial charge is 0.463 e. The van der Waals surface area contributed by atoms with Gasteiger partial charge in [-0.25, -0.2) is 9.48 Å². The third-order valence-corrected chi connectivity index (χ3v) is 4.59. The number of para-hydroxylation sites is 1. The molecule has 2 heterocycles. The first kappa shape index (κ1) is 17.1.